The SMILES string of the molecule is CC.CC.CC.CC.CC(C)(O)c1ccc(S(C)(=O)=O)cc1.CSc1ccc(C(C)=O)cc1.CSc1ccccc1.Sc1ccccc1.[CH3-].[Y]. The second kappa shape index (κ2) is 38.8. The molecule has 0 unspecified atom stereocenters. The van der Waals surface area contributed by atoms with E-state index in [0.29, 0.717) is 5.56 Å². The van der Waals surface area contributed by atoms with Gasteiger partial charge in [-0.2, -0.15) is 0 Å². The van der Waals surface area contributed by atoms with Crippen LogP contribution in [0.25, 0.3) is 0 Å². The van der Waals surface area contributed by atoms with Crippen LogP contribution in [0, 0.1) is 7.43 Å². The van der Waals surface area contributed by atoms with Gasteiger partial charge in [-0.3, -0.25) is 4.79 Å². The standard InChI is InChI=1S/C10H14O3S.C9H10OS.C7H8S.C6H6S.4C2H6.CH3.Y/c1-10(2,11)8-4-6-9(7-5-8)14(3,12)13;1-7(10)8-3-5-9(11-2)6-4-8;1-8-7-5-3-2-4-6-7;7-6-4-2-1-3-5-6;4*1-2;;/h4-7,11H,1-3H3;3-6H,1-2H3;2-6H,1H3;1-5,7H;4*1-2H3;1H3;/q;;;;;;;;-1;. The Morgan fingerprint density at radius 3 is 1.22 bits per heavy atom. The number of thioether (sulfide) groups is 2. The summed E-state index contributed by atoms with van der Waals surface area (Å²) in [5.74, 6) is 0.123. The molecule has 0 saturated heterocycles. The number of carbonyl (C=O) groups excluding carboxylic acids is 1. The predicted octanol–water partition coefficient (Wildman–Crippen LogP) is 12.9. The normalized spacial score (nSPS) is 8.88. The van der Waals surface area contributed by atoms with E-state index in [0.717, 1.165) is 16.7 Å². The molecule has 4 nitrogen and oxygen atoms in total. The van der Waals surface area contributed by atoms with Crippen LogP contribution in [0.2, 0.25) is 0 Å². The van der Waals surface area contributed by atoms with Gasteiger partial charge in [-0.25, -0.2) is 8.42 Å². The summed E-state index contributed by atoms with van der Waals surface area (Å²) < 4.78 is 22.3. The molecule has 0 aliphatic heterocycles. The molecule has 0 fully saturated rings. The largest absolute Gasteiger partial charge is 0.386 e. The maximum atomic E-state index is 11.1. The molecular formula is C41H65O4S4Y-. The van der Waals surface area contributed by atoms with E-state index in [2.05, 4.69) is 31.0 Å². The van der Waals surface area contributed by atoms with Crippen molar-refractivity contribution in [3.8, 4) is 0 Å². The summed E-state index contributed by atoms with van der Waals surface area (Å²) in [5.41, 5.74) is 0.545. The maximum absolute atomic E-state index is 11.1. The van der Waals surface area contributed by atoms with Crippen LogP contribution >= 0.6 is 36.2 Å². The summed E-state index contributed by atoms with van der Waals surface area (Å²) in [5, 5.41) is 9.63. The molecule has 0 atom stereocenters. The molecule has 0 saturated carbocycles. The Kier molecular flexibility index (Phi) is 47.1. The summed E-state index contributed by atoms with van der Waals surface area (Å²) in [6.07, 6.45) is 5.25. The molecule has 0 aliphatic carbocycles. The van der Waals surface area contributed by atoms with Gasteiger partial charge in [-0.15, -0.1) is 36.2 Å². The second-order valence-electron chi connectivity index (χ2n) is 8.99. The topological polar surface area (TPSA) is 71.4 Å². The Bertz CT molecular complexity index is 1370. The minimum atomic E-state index is -3.15. The molecule has 9 heteroatoms. The molecule has 1 radical (unpaired) electrons. The first kappa shape index (κ1) is 60.7. The number of sulfone groups is 1. The number of rotatable bonds is 5. The van der Waals surface area contributed by atoms with Gasteiger partial charge in [-0.05, 0) is 87.4 Å². The third kappa shape index (κ3) is 32.5. The van der Waals surface area contributed by atoms with E-state index in [-0.39, 0.29) is 50.8 Å². The third-order valence-corrected chi connectivity index (χ3v) is 8.13. The van der Waals surface area contributed by atoms with Crippen LogP contribution in [-0.4, -0.2) is 38.1 Å². The Hall–Kier alpha value is -1.39. The van der Waals surface area contributed by atoms with Crippen molar-refractivity contribution in [2.75, 3.05) is 18.8 Å². The molecule has 0 aliphatic rings. The van der Waals surface area contributed by atoms with E-state index >= 15 is 0 Å². The predicted molar refractivity (Wildman–Crippen MR) is 227 cm³/mol. The van der Waals surface area contributed by atoms with Crippen molar-refractivity contribution in [3.63, 3.8) is 0 Å². The van der Waals surface area contributed by atoms with Gasteiger partial charge in [0.2, 0.25) is 0 Å². The van der Waals surface area contributed by atoms with Crippen LogP contribution < -0.4 is 0 Å². The Labute approximate surface area is 347 Å². The number of hydrogen-bond acceptors (Lipinski definition) is 7. The molecule has 4 aromatic carbocycles. The molecule has 50 heavy (non-hydrogen) atoms. The van der Waals surface area contributed by atoms with Crippen LogP contribution in [0.5, 0.6) is 0 Å². The molecule has 281 valence electrons. The van der Waals surface area contributed by atoms with Gasteiger partial charge >= 0.3 is 0 Å². The molecule has 4 aromatic rings. The first-order valence-corrected chi connectivity index (χ1v) is 21.1. The van der Waals surface area contributed by atoms with Gasteiger partial charge in [-0.1, -0.05) is 116 Å². The number of hydrogen-bond donors (Lipinski definition) is 2. The van der Waals surface area contributed by atoms with Crippen molar-refractivity contribution in [2.45, 2.75) is 101 Å². The average Bonchev–Trinajstić information content (AvgIpc) is 3.12. The van der Waals surface area contributed by atoms with Crippen molar-refractivity contribution in [3.05, 3.63) is 128 Å². The van der Waals surface area contributed by atoms with Gasteiger partial charge in [0.1, 0.15) is 0 Å². The quantitative estimate of drug-likeness (QED) is 0.0903. The zero-order chi connectivity index (χ0) is 38.2. The van der Waals surface area contributed by atoms with Crippen LogP contribution in [-0.2, 0) is 48.1 Å². The third-order valence-electron chi connectivity index (χ3n) is 5.22. The smallest absolute Gasteiger partial charge is 0.175 e. The molecule has 0 bridgehead atoms. The Balaban J connectivity index is -0.000000122. The summed E-state index contributed by atoms with van der Waals surface area (Å²) in [4.78, 5) is 14.6. The van der Waals surface area contributed by atoms with Gasteiger partial charge < -0.3 is 12.5 Å². The first-order chi connectivity index (χ1) is 22.8. The van der Waals surface area contributed by atoms with Crippen LogP contribution in [0.3, 0.4) is 0 Å². The van der Waals surface area contributed by atoms with Crippen molar-refractivity contribution < 1.29 is 51.0 Å². The number of Topliss-reactive ketones (excluding diaryl/α,β-unsaturated/α-hetero) is 1. The van der Waals surface area contributed by atoms with Gasteiger partial charge in [0.25, 0.3) is 0 Å². The number of thiol groups is 1. The van der Waals surface area contributed by atoms with E-state index in [9.17, 15) is 18.3 Å². The van der Waals surface area contributed by atoms with Crippen molar-refractivity contribution in [1.82, 2.24) is 0 Å². The minimum absolute atomic E-state index is 0. The summed E-state index contributed by atoms with van der Waals surface area (Å²) in [7, 11) is -3.15. The van der Waals surface area contributed by atoms with Crippen LogP contribution in [0.15, 0.2) is 129 Å². The zero-order valence-electron chi connectivity index (χ0n) is 33.3. The number of benzene rings is 4. The average molecular weight is 839 g/mol. The zero-order valence-corrected chi connectivity index (χ0v) is 39.5. The Morgan fingerprint density at radius 2 is 0.980 bits per heavy atom. The molecule has 0 amide bonds. The Morgan fingerprint density at radius 1 is 0.640 bits per heavy atom. The molecule has 4 rings (SSSR count). The molecule has 1 N–H and O–H groups in total. The minimum Gasteiger partial charge on any atom is -0.386 e. The molecule has 0 spiro atoms. The fourth-order valence-corrected chi connectivity index (χ4v) is 4.56. The summed E-state index contributed by atoms with van der Waals surface area (Å²) in [6.45, 7) is 20.9. The van der Waals surface area contributed by atoms with Crippen LogP contribution in [0.1, 0.15) is 92.1 Å². The number of aliphatic hydroxyl groups is 1. The van der Waals surface area contributed by atoms with Gasteiger partial charge in [0.05, 0.1) is 10.5 Å². The molecular weight excluding hydrogens is 774 g/mol. The molecule has 0 heterocycles. The van der Waals surface area contributed by atoms with Crippen LogP contribution in [0.4, 0.5) is 0 Å². The van der Waals surface area contributed by atoms with Crippen molar-refractivity contribution in [1.29, 1.82) is 0 Å². The van der Waals surface area contributed by atoms with E-state index < -0.39 is 15.4 Å². The summed E-state index contributed by atoms with van der Waals surface area (Å²) >= 11 is 7.53. The number of carbonyl (C=O) groups is 1. The summed E-state index contributed by atoms with van der Waals surface area (Å²) in [6, 6.07) is 34.0. The monoisotopic (exact) mass is 838 g/mol. The van der Waals surface area contributed by atoms with Crippen molar-refractivity contribution >= 4 is 51.8 Å². The van der Waals surface area contributed by atoms with Gasteiger partial charge in [0, 0.05) is 59.2 Å². The van der Waals surface area contributed by atoms with Crippen molar-refractivity contribution in [2.24, 2.45) is 0 Å². The maximum Gasteiger partial charge on any atom is 0.175 e. The first-order valence-electron chi connectivity index (χ1n) is 16.3. The molecule has 0 aromatic heterocycles. The van der Waals surface area contributed by atoms with Gasteiger partial charge in [0.15, 0.2) is 15.6 Å². The number of ketones is 1. The fraction of sp³-hybridized carbons (Fsp3) is 0.366. The fourth-order valence-electron chi connectivity index (χ4n) is 2.92. The van der Waals surface area contributed by atoms with E-state index in [4.69, 9.17) is 0 Å². The van der Waals surface area contributed by atoms with E-state index in [1.807, 2.05) is 134 Å². The van der Waals surface area contributed by atoms with E-state index in [1.54, 1.807) is 56.4 Å². The van der Waals surface area contributed by atoms with E-state index in [1.165, 1.54) is 21.9 Å². The second-order valence-corrected chi connectivity index (χ2v) is 13.3.